The molecule has 1 saturated carbocycles. The molecule has 5 rings (SSSR count). The molecular formula is C26H26FN3O4. The van der Waals surface area contributed by atoms with Gasteiger partial charge in [0.2, 0.25) is 0 Å². The monoisotopic (exact) mass is 463 g/mol. The number of rotatable bonds is 8. The lowest BCUT2D eigenvalue weighted by Gasteiger charge is -2.22. The van der Waals surface area contributed by atoms with Gasteiger partial charge in [-0.15, -0.1) is 0 Å². The average molecular weight is 464 g/mol. The molecule has 2 aromatic carbocycles. The van der Waals surface area contributed by atoms with E-state index < -0.39 is 5.97 Å². The fraction of sp³-hybridized carbons (Fsp3) is 0.346. The predicted octanol–water partition coefficient (Wildman–Crippen LogP) is 3.86. The fourth-order valence-electron chi connectivity index (χ4n) is 4.41. The van der Waals surface area contributed by atoms with Gasteiger partial charge in [-0.25, -0.2) is 13.9 Å². The van der Waals surface area contributed by atoms with E-state index in [0.717, 1.165) is 54.7 Å². The van der Waals surface area contributed by atoms with E-state index in [1.807, 2.05) is 24.3 Å². The molecule has 176 valence electrons. The van der Waals surface area contributed by atoms with E-state index >= 15 is 0 Å². The van der Waals surface area contributed by atoms with Gasteiger partial charge in [-0.3, -0.25) is 4.79 Å². The van der Waals surface area contributed by atoms with Crippen molar-refractivity contribution in [2.24, 2.45) is 0 Å². The van der Waals surface area contributed by atoms with Gasteiger partial charge >= 0.3 is 5.97 Å². The van der Waals surface area contributed by atoms with Crippen molar-refractivity contribution >= 4 is 11.9 Å². The summed E-state index contributed by atoms with van der Waals surface area (Å²) in [7, 11) is 1.61. The van der Waals surface area contributed by atoms with Crippen molar-refractivity contribution in [1.82, 2.24) is 14.7 Å². The second-order valence-corrected chi connectivity index (χ2v) is 8.69. The van der Waals surface area contributed by atoms with Gasteiger partial charge in [-0.05, 0) is 74.1 Å². The number of carbonyl (C=O) groups is 2. The Morgan fingerprint density at radius 3 is 2.50 bits per heavy atom. The Kier molecular flexibility index (Phi) is 6.04. The third-order valence-corrected chi connectivity index (χ3v) is 6.34. The summed E-state index contributed by atoms with van der Waals surface area (Å²) in [6.07, 6.45) is 4.31. The van der Waals surface area contributed by atoms with E-state index in [-0.39, 0.29) is 30.1 Å². The number of benzene rings is 2. The number of halogens is 1. The van der Waals surface area contributed by atoms with Crippen LogP contribution in [-0.2, 0) is 28.9 Å². The van der Waals surface area contributed by atoms with Crippen LogP contribution in [0.3, 0.4) is 0 Å². The molecule has 7 nitrogen and oxygen atoms in total. The number of esters is 1. The molecular weight excluding hydrogens is 437 g/mol. The Bertz CT molecular complexity index is 1200. The molecule has 2 aliphatic carbocycles. The van der Waals surface area contributed by atoms with Gasteiger partial charge in [0.15, 0.2) is 12.3 Å². The van der Waals surface area contributed by atoms with Crippen molar-refractivity contribution in [3.8, 4) is 11.4 Å². The maximum atomic E-state index is 13.3. The maximum Gasteiger partial charge on any atom is 0.359 e. The number of methoxy groups -OCH3 is 1. The van der Waals surface area contributed by atoms with Crippen molar-refractivity contribution in [3.63, 3.8) is 0 Å². The number of aromatic nitrogens is 2. The first kappa shape index (κ1) is 22.1. The average Bonchev–Trinajstić information content (AvgIpc) is 3.47. The van der Waals surface area contributed by atoms with Crippen molar-refractivity contribution in [2.75, 3.05) is 13.7 Å². The predicted molar refractivity (Wildman–Crippen MR) is 122 cm³/mol. The molecule has 0 radical (unpaired) electrons. The summed E-state index contributed by atoms with van der Waals surface area (Å²) >= 11 is 0. The highest BCUT2D eigenvalue weighted by molar-refractivity contribution is 5.91. The lowest BCUT2D eigenvalue weighted by molar-refractivity contribution is -0.135. The lowest BCUT2D eigenvalue weighted by Crippen LogP contribution is -2.36. The summed E-state index contributed by atoms with van der Waals surface area (Å²) in [6.45, 7) is 0.128. The first-order valence-electron chi connectivity index (χ1n) is 11.5. The molecule has 34 heavy (non-hydrogen) atoms. The summed E-state index contributed by atoms with van der Waals surface area (Å²) in [5.74, 6) is -0.399. The van der Waals surface area contributed by atoms with Crippen LogP contribution in [-0.4, -0.2) is 46.3 Å². The van der Waals surface area contributed by atoms with Gasteiger partial charge in [-0.2, -0.15) is 5.10 Å². The van der Waals surface area contributed by atoms with Gasteiger partial charge in [0.25, 0.3) is 5.91 Å². The van der Waals surface area contributed by atoms with Crippen LogP contribution in [0, 0.1) is 5.82 Å². The van der Waals surface area contributed by atoms with Crippen LogP contribution in [0.4, 0.5) is 4.39 Å². The van der Waals surface area contributed by atoms with E-state index in [4.69, 9.17) is 9.47 Å². The minimum Gasteiger partial charge on any atom is -0.497 e. The van der Waals surface area contributed by atoms with Crippen molar-refractivity contribution in [3.05, 3.63) is 76.9 Å². The Morgan fingerprint density at radius 1 is 1.09 bits per heavy atom. The molecule has 0 aliphatic heterocycles. The highest BCUT2D eigenvalue weighted by Gasteiger charge is 2.34. The Hall–Kier alpha value is -3.68. The molecule has 0 N–H and O–H groups in total. The normalized spacial score (nSPS) is 14.5. The highest BCUT2D eigenvalue weighted by Crippen LogP contribution is 2.30. The summed E-state index contributed by atoms with van der Waals surface area (Å²) in [5.41, 5.74) is 3.69. The third-order valence-electron chi connectivity index (χ3n) is 6.34. The van der Waals surface area contributed by atoms with Crippen molar-refractivity contribution < 1.29 is 23.5 Å². The number of fused-ring (bicyclic) bond motifs is 1. The number of nitrogens with zero attached hydrogens (tertiary/aromatic N) is 3. The van der Waals surface area contributed by atoms with Crippen LogP contribution in [0.15, 0.2) is 48.5 Å². The smallest absolute Gasteiger partial charge is 0.359 e. The zero-order valence-electron chi connectivity index (χ0n) is 19.0. The summed E-state index contributed by atoms with van der Waals surface area (Å²) in [4.78, 5) is 27.6. The molecule has 3 aromatic rings. The van der Waals surface area contributed by atoms with E-state index in [9.17, 15) is 14.0 Å². The molecule has 0 saturated heterocycles. The molecule has 0 unspecified atom stereocenters. The Balaban J connectivity index is 1.27. The van der Waals surface area contributed by atoms with Crippen molar-refractivity contribution in [2.45, 2.75) is 44.7 Å². The van der Waals surface area contributed by atoms with Crippen LogP contribution < -0.4 is 4.74 Å². The third kappa shape index (κ3) is 4.53. The number of amides is 1. The maximum absolute atomic E-state index is 13.3. The van der Waals surface area contributed by atoms with E-state index in [1.54, 1.807) is 28.8 Å². The quantitative estimate of drug-likeness (QED) is 0.475. The largest absolute Gasteiger partial charge is 0.497 e. The van der Waals surface area contributed by atoms with E-state index in [1.165, 1.54) is 12.1 Å². The standard InChI is InChI=1S/C26H26FN3O4/c1-33-21-13-5-17(6-14-21)15-29(19-11-12-19)24(31)16-34-26(32)25-22-3-2-4-23(22)30(28-25)20-9-7-18(27)8-10-20/h5-10,13-14,19H,2-4,11-12,15-16H2,1H3. The summed E-state index contributed by atoms with van der Waals surface area (Å²) < 4.78 is 25.6. The minimum atomic E-state index is -0.604. The molecule has 0 bridgehead atoms. The lowest BCUT2D eigenvalue weighted by atomic mass is 10.2. The molecule has 1 heterocycles. The van der Waals surface area contributed by atoms with Gasteiger partial charge in [0.05, 0.1) is 12.8 Å². The van der Waals surface area contributed by atoms with Gasteiger partial charge in [0.1, 0.15) is 11.6 Å². The first-order valence-corrected chi connectivity index (χ1v) is 11.5. The molecule has 0 atom stereocenters. The molecule has 1 fully saturated rings. The van der Waals surface area contributed by atoms with Crippen LogP contribution in [0.1, 0.15) is 46.6 Å². The van der Waals surface area contributed by atoms with Gasteiger partial charge in [0, 0.05) is 23.8 Å². The number of hydrogen-bond acceptors (Lipinski definition) is 5. The van der Waals surface area contributed by atoms with Crippen molar-refractivity contribution in [1.29, 1.82) is 0 Å². The molecule has 1 aromatic heterocycles. The van der Waals surface area contributed by atoms with Gasteiger partial charge < -0.3 is 14.4 Å². The topological polar surface area (TPSA) is 73.7 Å². The number of carbonyl (C=O) groups excluding carboxylic acids is 2. The first-order chi connectivity index (χ1) is 16.5. The highest BCUT2D eigenvalue weighted by atomic mass is 19.1. The second kappa shape index (κ2) is 9.29. The van der Waals surface area contributed by atoms with E-state index in [2.05, 4.69) is 5.10 Å². The van der Waals surface area contributed by atoms with Gasteiger partial charge in [-0.1, -0.05) is 12.1 Å². The SMILES string of the molecule is COc1ccc(CN(C(=O)COC(=O)c2nn(-c3ccc(F)cc3)c3c2CCC3)C2CC2)cc1. The number of ether oxygens (including phenoxy) is 2. The fourth-order valence-corrected chi connectivity index (χ4v) is 4.41. The molecule has 1 amide bonds. The van der Waals surface area contributed by atoms with E-state index in [0.29, 0.717) is 12.2 Å². The van der Waals surface area contributed by atoms with Crippen LogP contribution >= 0.6 is 0 Å². The Labute approximate surface area is 197 Å². The molecule has 8 heteroatoms. The number of hydrogen-bond donors (Lipinski definition) is 0. The minimum absolute atomic E-state index is 0.176. The summed E-state index contributed by atoms with van der Waals surface area (Å²) in [6, 6.07) is 13.8. The van der Waals surface area contributed by atoms with Crippen LogP contribution in [0.25, 0.3) is 5.69 Å². The zero-order valence-corrected chi connectivity index (χ0v) is 19.0. The Morgan fingerprint density at radius 2 is 1.82 bits per heavy atom. The molecule has 2 aliphatic rings. The second-order valence-electron chi connectivity index (χ2n) is 8.69. The van der Waals surface area contributed by atoms with Crippen LogP contribution in [0.5, 0.6) is 5.75 Å². The zero-order chi connectivity index (χ0) is 23.7. The summed E-state index contributed by atoms with van der Waals surface area (Å²) in [5, 5.41) is 4.47. The molecule has 0 spiro atoms. The van der Waals surface area contributed by atoms with Crippen LogP contribution in [0.2, 0.25) is 0 Å².